The smallest absolute Gasteiger partial charge is 0.0278 e. The molecule has 0 spiro atoms. The molecule has 2 rings (SSSR count). The van der Waals surface area contributed by atoms with Crippen LogP contribution in [0.3, 0.4) is 0 Å². The van der Waals surface area contributed by atoms with Crippen LogP contribution in [0.5, 0.6) is 0 Å². The van der Waals surface area contributed by atoms with Gasteiger partial charge in [-0.3, -0.25) is 4.90 Å². The summed E-state index contributed by atoms with van der Waals surface area (Å²) < 4.78 is 0. The van der Waals surface area contributed by atoms with Crippen LogP contribution in [0, 0.1) is 5.92 Å². The molecule has 2 atom stereocenters. The number of nitrogens with one attached hydrogen (secondary N) is 1. The lowest BCUT2D eigenvalue weighted by Crippen LogP contribution is -2.63. The molecular formula is C14H26N2. The van der Waals surface area contributed by atoms with Crippen LogP contribution in [0.2, 0.25) is 0 Å². The van der Waals surface area contributed by atoms with Gasteiger partial charge in [0.2, 0.25) is 0 Å². The van der Waals surface area contributed by atoms with Crippen LogP contribution >= 0.6 is 0 Å². The van der Waals surface area contributed by atoms with E-state index in [9.17, 15) is 0 Å². The van der Waals surface area contributed by atoms with E-state index in [1.807, 2.05) is 0 Å². The van der Waals surface area contributed by atoms with Crippen LogP contribution in [0.25, 0.3) is 0 Å². The van der Waals surface area contributed by atoms with E-state index in [2.05, 4.69) is 43.1 Å². The maximum absolute atomic E-state index is 3.76. The predicted molar refractivity (Wildman–Crippen MR) is 69.6 cm³/mol. The number of hydrogen-bond acceptors (Lipinski definition) is 2. The van der Waals surface area contributed by atoms with Crippen molar-refractivity contribution in [2.75, 3.05) is 19.6 Å². The van der Waals surface area contributed by atoms with E-state index in [-0.39, 0.29) is 0 Å². The second kappa shape index (κ2) is 4.89. The molecule has 1 saturated carbocycles. The highest BCUT2D eigenvalue weighted by Crippen LogP contribution is 2.37. The largest absolute Gasteiger partial charge is 0.309 e. The number of rotatable bonds is 4. The van der Waals surface area contributed by atoms with E-state index in [1.54, 1.807) is 0 Å². The summed E-state index contributed by atoms with van der Waals surface area (Å²) in [5.41, 5.74) is 0.326. The number of allylic oxidation sites excluding steroid dienone is 1. The van der Waals surface area contributed by atoms with Gasteiger partial charge in [-0.2, -0.15) is 0 Å². The van der Waals surface area contributed by atoms with E-state index in [0.29, 0.717) is 5.54 Å². The molecule has 2 unspecified atom stereocenters. The first kappa shape index (κ1) is 12.1. The van der Waals surface area contributed by atoms with Crippen molar-refractivity contribution in [3.05, 3.63) is 12.2 Å². The maximum Gasteiger partial charge on any atom is 0.0278 e. The highest BCUT2D eigenvalue weighted by Gasteiger charge is 2.41. The van der Waals surface area contributed by atoms with E-state index < -0.39 is 0 Å². The SMILES string of the molecule is C/C=C/CN1CC(C)(CC)NCC1C1CC1. The Kier molecular flexibility index (Phi) is 3.70. The third kappa shape index (κ3) is 2.67. The van der Waals surface area contributed by atoms with Crippen molar-refractivity contribution in [1.29, 1.82) is 0 Å². The molecule has 0 aromatic rings. The highest BCUT2D eigenvalue weighted by atomic mass is 15.3. The monoisotopic (exact) mass is 222 g/mol. The van der Waals surface area contributed by atoms with Crippen molar-refractivity contribution in [3.8, 4) is 0 Å². The Morgan fingerprint density at radius 3 is 2.75 bits per heavy atom. The zero-order chi connectivity index (χ0) is 11.6. The summed E-state index contributed by atoms with van der Waals surface area (Å²) in [5, 5.41) is 3.76. The summed E-state index contributed by atoms with van der Waals surface area (Å²) in [6.07, 6.45) is 8.59. The average Bonchev–Trinajstić information content (AvgIpc) is 3.10. The van der Waals surface area contributed by atoms with Gasteiger partial charge < -0.3 is 5.32 Å². The minimum atomic E-state index is 0.326. The van der Waals surface area contributed by atoms with Gasteiger partial charge in [0.15, 0.2) is 0 Å². The molecule has 1 aliphatic heterocycles. The normalized spacial score (nSPS) is 37.1. The standard InChI is InChI=1S/C14H26N2/c1-4-6-9-16-11-14(3,5-2)15-10-13(16)12-7-8-12/h4,6,12-13,15H,5,7-11H2,1-3H3/b6-4+. The quantitative estimate of drug-likeness (QED) is 0.735. The van der Waals surface area contributed by atoms with Crippen LogP contribution in [0.15, 0.2) is 12.2 Å². The minimum absolute atomic E-state index is 0.326. The molecule has 1 heterocycles. The fourth-order valence-electron chi connectivity index (χ4n) is 2.72. The van der Waals surface area contributed by atoms with Crippen molar-refractivity contribution in [2.24, 2.45) is 5.92 Å². The van der Waals surface area contributed by atoms with Gasteiger partial charge in [-0.25, -0.2) is 0 Å². The summed E-state index contributed by atoms with van der Waals surface area (Å²) >= 11 is 0. The summed E-state index contributed by atoms with van der Waals surface area (Å²) in [5.74, 6) is 0.971. The van der Waals surface area contributed by atoms with Crippen molar-refractivity contribution in [1.82, 2.24) is 10.2 Å². The summed E-state index contributed by atoms with van der Waals surface area (Å²) in [4.78, 5) is 2.69. The molecule has 16 heavy (non-hydrogen) atoms. The molecule has 0 aromatic heterocycles. The third-order valence-electron chi connectivity index (χ3n) is 4.28. The summed E-state index contributed by atoms with van der Waals surface area (Å²) in [7, 11) is 0. The van der Waals surface area contributed by atoms with Crippen molar-refractivity contribution in [3.63, 3.8) is 0 Å². The molecule has 2 aliphatic rings. The molecular weight excluding hydrogens is 196 g/mol. The second-order valence-electron chi connectivity index (χ2n) is 5.70. The zero-order valence-corrected chi connectivity index (χ0v) is 11.0. The van der Waals surface area contributed by atoms with Gasteiger partial charge in [-0.1, -0.05) is 19.1 Å². The van der Waals surface area contributed by atoms with Crippen LogP contribution in [-0.2, 0) is 0 Å². The summed E-state index contributed by atoms with van der Waals surface area (Å²) in [6, 6.07) is 0.788. The van der Waals surface area contributed by atoms with Gasteiger partial charge in [0.1, 0.15) is 0 Å². The van der Waals surface area contributed by atoms with E-state index in [4.69, 9.17) is 0 Å². The Balaban J connectivity index is 1.99. The number of nitrogens with zero attached hydrogens (tertiary/aromatic N) is 1. The Morgan fingerprint density at radius 2 is 2.19 bits per heavy atom. The van der Waals surface area contributed by atoms with Gasteiger partial charge in [0.25, 0.3) is 0 Å². The van der Waals surface area contributed by atoms with E-state index >= 15 is 0 Å². The fraction of sp³-hybridized carbons (Fsp3) is 0.857. The molecule has 1 aliphatic carbocycles. The highest BCUT2D eigenvalue weighted by molar-refractivity contribution is 5.01. The molecule has 0 bridgehead atoms. The average molecular weight is 222 g/mol. The Hall–Kier alpha value is -0.340. The van der Waals surface area contributed by atoms with Gasteiger partial charge in [0, 0.05) is 31.2 Å². The first-order chi connectivity index (χ1) is 7.68. The van der Waals surface area contributed by atoms with Crippen LogP contribution in [0.4, 0.5) is 0 Å². The molecule has 2 fully saturated rings. The van der Waals surface area contributed by atoms with Gasteiger partial charge in [-0.15, -0.1) is 0 Å². The topological polar surface area (TPSA) is 15.3 Å². The van der Waals surface area contributed by atoms with Crippen molar-refractivity contribution >= 4 is 0 Å². The van der Waals surface area contributed by atoms with E-state index in [0.717, 1.165) is 18.5 Å². The molecule has 92 valence electrons. The molecule has 0 radical (unpaired) electrons. The Labute approximate surface area is 100 Å². The molecule has 0 aromatic carbocycles. The molecule has 1 saturated heterocycles. The number of piperazine rings is 1. The van der Waals surface area contributed by atoms with Crippen molar-refractivity contribution in [2.45, 2.75) is 51.6 Å². The lowest BCUT2D eigenvalue weighted by atomic mass is 9.92. The first-order valence-corrected chi connectivity index (χ1v) is 6.79. The van der Waals surface area contributed by atoms with Crippen molar-refractivity contribution < 1.29 is 0 Å². The third-order valence-corrected chi connectivity index (χ3v) is 4.28. The lowest BCUT2D eigenvalue weighted by molar-refractivity contribution is 0.0837. The van der Waals surface area contributed by atoms with Crippen LogP contribution in [-0.4, -0.2) is 36.1 Å². The minimum Gasteiger partial charge on any atom is -0.309 e. The van der Waals surface area contributed by atoms with Crippen LogP contribution < -0.4 is 5.32 Å². The Bertz CT molecular complexity index is 257. The predicted octanol–water partition coefficient (Wildman–Crippen LogP) is 2.42. The van der Waals surface area contributed by atoms with Gasteiger partial charge in [0.05, 0.1) is 0 Å². The first-order valence-electron chi connectivity index (χ1n) is 6.79. The molecule has 2 heteroatoms. The number of hydrogen-bond donors (Lipinski definition) is 1. The van der Waals surface area contributed by atoms with Crippen LogP contribution in [0.1, 0.15) is 40.0 Å². The second-order valence-corrected chi connectivity index (χ2v) is 5.70. The molecule has 2 nitrogen and oxygen atoms in total. The summed E-state index contributed by atoms with van der Waals surface area (Å²) in [6.45, 7) is 10.3. The van der Waals surface area contributed by atoms with E-state index in [1.165, 1.54) is 32.4 Å². The Morgan fingerprint density at radius 1 is 1.44 bits per heavy atom. The lowest BCUT2D eigenvalue weighted by Gasteiger charge is -2.46. The molecule has 1 N–H and O–H groups in total. The fourth-order valence-corrected chi connectivity index (χ4v) is 2.72. The maximum atomic E-state index is 3.76. The van der Waals surface area contributed by atoms with Gasteiger partial charge >= 0.3 is 0 Å². The zero-order valence-electron chi connectivity index (χ0n) is 11.0. The van der Waals surface area contributed by atoms with Gasteiger partial charge in [-0.05, 0) is 39.0 Å². The molecule has 0 amide bonds.